The van der Waals surface area contributed by atoms with Crippen molar-refractivity contribution in [1.29, 1.82) is 0 Å². The van der Waals surface area contributed by atoms with E-state index in [0.717, 1.165) is 25.0 Å². The summed E-state index contributed by atoms with van der Waals surface area (Å²) in [5, 5.41) is 1.30. The molecule has 0 radical (unpaired) electrons. The lowest BCUT2D eigenvalue weighted by molar-refractivity contribution is 0.220. The van der Waals surface area contributed by atoms with Gasteiger partial charge in [-0.3, -0.25) is 4.90 Å². The van der Waals surface area contributed by atoms with Crippen LogP contribution in [0, 0.1) is 18.6 Å². The van der Waals surface area contributed by atoms with Crippen molar-refractivity contribution in [3.8, 4) is 0 Å². The van der Waals surface area contributed by atoms with E-state index in [1.165, 1.54) is 39.9 Å². The van der Waals surface area contributed by atoms with Gasteiger partial charge in [-0.1, -0.05) is 24.6 Å². The number of benzene rings is 2. The second kappa shape index (κ2) is 7.17. The number of aryl methyl sites for hydroxylation is 1. The molecule has 146 valence electrons. The molecule has 0 fully saturated rings. The highest BCUT2D eigenvalue weighted by Crippen LogP contribution is 2.39. The van der Waals surface area contributed by atoms with Crippen LogP contribution in [0.2, 0.25) is 0 Å². The molecule has 1 atom stereocenters. The van der Waals surface area contributed by atoms with Crippen molar-refractivity contribution in [3.63, 3.8) is 0 Å². The lowest BCUT2D eigenvalue weighted by atomic mass is 9.96. The van der Waals surface area contributed by atoms with Crippen LogP contribution in [0.4, 0.5) is 8.78 Å². The zero-order valence-electron chi connectivity index (χ0n) is 16.9. The summed E-state index contributed by atoms with van der Waals surface area (Å²) in [6, 6.07) is 11.0. The number of hydrogen-bond donors (Lipinski definition) is 0. The Morgan fingerprint density at radius 2 is 1.93 bits per heavy atom. The molecule has 28 heavy (non-hydrogen) atoms. The van der Waals surface area contributed by atoms with Crippen LogP contribution in [0.1, 0.15) is 48.7 Å². The lowest BCUT2D eigenvalue weighted by Crippen LogP contribution is -2.32. The molecule has 0 saturated carbocycles. The zero-order chi connectivity index (χ0) is 20.0. The molecule has 1 unspecified atom stereocenters. The summed E-state index contributed by atoms with van der Waals surface area (Å²) in [5.74, 6) is -1.63. The third-order valence-corrected chi connectivity index (χ3v) is 5.95. The summed E-state index contributed by atoms with van der Waals surface area (Å²) >= 11 is 0. The van der Waals surface area contributed by atoms with Crippen molar-refractivity contribution in [1.82, 2.24) is 9.47 Å². The molecule has 0 aliphatic carbocycles. The average molecular weight is 380 g/mol. The number of rotatable bonds is 3. The molecular weight excluding hydrogens is 354 g/mol. The summed E-state index contributed by atoms with van der Waals surface area (Å²) < 4.78 is 29.4. The van der Waals surface area contributed by atoms with E-state index in [2.05, 4.69) is 54.8 Å². The summed E-state index contributed by atoms with van der Waals surface area (Å²) in [5.41, 5.74) is 6.75. The molecule has 0 spiro atoms. The van der Waals surface area contributed by atoms with E-state index in [1.54, 1.807) is 6.07 Å². The maximum atomic E-state index is 13.7. The fraction of sp³-hybridized carbons (Fsp3) is 0.333. The van der Waals surface area contributed by atoms with Crippen molar-refractivity contribution in [2.45, 2.75) is 39.7 Å². The van der Waals surface area contributed by atoms with Gasteiger partial charge in [-0.25, -0.2) is 8.78 Å². The predicted molar refractivity (Wildman–Crippen MR) is 112 cm³/mol. The monoisotopic (exact) mass is 380 g/mol. The van der Waals surface area contributed by atoms with E-state index in [-0.39, 0.29) is 0 Å². The summed E-state index contributed by atoms with van der Waals surface area (Å²) in [6.07, 6.45) is 4.12. The molecule has 2 nitrogen and oxygen atoms in total. The maximum absolute atomic E-state index is 13.7. The van der Waals surface area contributed by atoms with Gasteiger partial charge in [-0.2, -0.15) is 0 Å². The largest absolute Gasteiger partial charge is 0.318 e. The summed E-state index contributed by atoms with van der Waals surface area (Å²) in [6.45, 7) is 7.34. The minimum atomic E-state index is -0.816. The normalized spacial score (nSPS) is 17.9. The van der Waals surface area contributed by atoms with Gasteiger partial charge in [0.05, 0.1) is 11.6 Å². The number of hydrogen-bond acceptors (Lipinski definition) is 1. The first-order valence-electron chi connectivity index (χ1n) is 9.88. The highest BCUT2D eigenvalue weighted by atomic mass is 19.2. The highest BCUT2D eigenvalue weighted by Gasteiger charge is 2.29. The third-order valence-electron chi connectivity index (χ3n) is 5.95. The van der Waals surface area contributed by atoms with Gasteiger partial charge in [0.1, 0.15) is 0 Å². The summed E-state index contributed by atoms with van der Waals surface area (Å²) in [4.78, 5) is 2.41. The van der Waals surface area contributed by atoms with E-state index in [9.17, 15) is 8.78 Å². The molecule has 2 aromatic carbocycles. The number of halogens is 2. The Hall–Kier alpha value is -2.46. The number of likely N-dealkylation sites (N-methyl/N-ethyl adjacent to an activating group) is 1. The van der Waals surface area contributed by atoms with Crippen LogP contribution in [0.3, 0.4) is 0 Å². The van der Waals surface area contributed by atoms with Gasteiger partial charge >= 0.3 is 0 Å². The third kappa shape index (κ3) is 3.06. The number of aromatic nitrogens is 1. The Morgan fingerprint density at radius 1 is 1.14 bits per heavy atom. The molecule has 4 rings (SSSR count). The van der Waals surface area contributed by atoms with E-state index < -0.39 is 11.6 Å². The van der Waals surface area contributed by atoms with Crippen LogP contribution >= 0.6 is 0 Å². The van der Waals surface area contributed by atoms with Gasteiger partial charge < -0.3 is 4.57 Å². The van der Waals surface area contributed by atoms with Crippen molar-refractivity contribution >= 4 is 22.7 Å². The molecule has 0 N–H and O–H groups in total. The highest BCUT2D eigenvalue weighted by molar-refractivity contribution is 5.90. The topological polar surface area (TPSA) is 8.17 Å². The van der Waals surface area contributed by atoms with Crippen molar-refractivity contribution < 1.29 is 8.78 Å². The molecule has 1 aliphatic rings. The first-order valence-corrected chi connectivity index (χ1v) is 9.88. The van der Waals surface area contributed by atoms with Gasteiger partial charge in [0, 0.05) is 23.8 Å². The van der Waals surface area contributed by atoms with Crippen LogP contribution in [0.25, 0.3) is 22.7 Å². The van der Waals surface area contributed by atoms with E-state index in [4.69, 9.17) is 0 Å². The van der Waals surface area contributed by atoms with Crippen LogP contribution < -0.4 is 0 Å². The fourth-order valence-electron chi connectivity index (χ4n) is 4.45. The van der Waals surface area contributed by atoms with Crippen LogP contribution in [0.15, 0.2) is 36.4 Å². The Kier molecular flexibility index (Phi) is 4.84. The zero-order valence-corrected chi connectivity index (χ0v) is 16.9. The molecule has 1 aliphatic heterocycles. The second-order valence-corrected chi connectivity index (χ2v) is 7.85. The standard InChI is InChI=1S/C24H26F2N2/c1-5-22-24-18(10-11-27(22)4)19-12-15(2)6-9-23(19)28(24)14-16(3)17-7-8-20(25)21(26)13-17/h6-9,12-14,22H,5,10-11H2,1-4H3. The van der Waals surface area contributed by atoms with Crippen molar-refractivity contribution in [2.24, 2.45) is 0 Å². The lowest BCUT2D eigenvalue weighted by Gasteiger charge is -2.33. The summed E-state index contributed by atoms with van der Waals surface area (Å²) in [7, 11) is 2.18. The number of fused-ring (bicyclic) bond motifs is 3. The first kappa shape index (κ1) is 18.9. The number of allylic oxidation sites excluding steroid dienone is 1. The Morgan fingerprint density at radius 3 is 2.64 bits per heavy atom. The van der Waals surface area contributed by atoms with Crippen LogP contribution in [-0.4, -0.2) is 23.1 Å². The molecule has 3 aromatic rings. The van der Waals surface area contributed by atoms with E-state index in [0.29, 0.717) is 11.6 Å². The maximum Gasteiger partial charge on any atom is 0.159 e. The predicted octanol–water partition coefficient (Wildman–Crippen LogP) is 6.18. The molecule has 1 aromatic heterocycles. The minimum absolute atomic E-state index is 0.338. The SMILES string of the molecule is CCC1c2c(c3cc(C)ccc3n2C=C(C)c2ccc(F)c(F)c2)CCN1C. The first-order chi connectivity index (χ1) is 13.4. The van der Waals surface area contributed by atoms with Crippen LogP contribution in [0.5, 0.6) is 0 Å². The molecule has 2 heterocycles. The Balaban J connectivity index is 1.95. The molecular formula is C24H26F2N2. The smallest absolute Gasteiger partial charge is 0.159 e. The Bertz CT molecular complexity index is 1080. The number of nitrogens with zero attached hydrogens (tertiary/aromatic N) is 2. The molecule has 0 amide bonds. The second-order valence-electron chi connectivity index (χ2n) is 7.85. The van der Waals surface area contributed by atoms with Gasteiger partial charge in [0.25, 0.3) is 0 Å². The van der Waals surface area contributed by atoms with Gasteiger partial charge in [0.15, 0.2) is 11.6 Å². The van der Waals surface area contributed by atoms with Gasteiger partial charge in [0.2, 0.25) is 0 Å². The van der Waals surface area contributed by atoms with Crippen molar-refractivity contribution in [3.05, 3.63) is 70.4 Å². The molecule has 0 saturated heterocycles. The minimum Gasteiger partial charge on any atom is -0.318 e. The van der Waals surface area contributed by atoms with E-state index >= 15 is 0 Å². The fourth-order valence-corrected chi connectivity index (χ4v) is 4.45. The molecule has 4 heteroatoms. The van der Waals surface area contributed by atoms with Crippen molar-refractivity contribution in [2.75, 3.05) is 13.6 Å². The molecule has 0 bridgehead atoms. The van der Waals surface area contributed by atoms with Gasteiger partial charge in [-0.05, 0) is 74.7 Å². The van der Waals surface area contributed by atoms with Crippen LogP contribution in [-0.2, 0) is 6.42 Å². The average Bonchev–Trinajstić information content (AvgIpc) is 2.97. The quantitative estimate of drug-likeness (QED) is 0.526. The Labute approximate surface area is 165 Å². The van der Waals surface area contributed by atoms with E-state index in [1.807, 2.05) is 6.92 Å². The van der Waals surface area contributed by atoms with Gasteiger partial charge in [-0.15, -0.1) is 0 Å².